The maximum Gasteiger partial charge on any atom is 0.355 e. The van der Waals surface area contributed by atoms with Gasteiger partial charge >= 0.3 is 5.76 Å². The second kappa shape index (κ2) is 7.34. The number of allylic oxidation sites excluding steroid dienone is 1. The molecule has 0 aromatic heterocycles. The van der Waals surface area contributed by atoms with Crippen molar-refractivity contribution >= 4 is 31.3 Å². The predicted molar refractivity (Wildman–Crippen MR) is 81.1 cm³/mol. The van der Waals surface area contributed by atoms with Gasteiger partial charge in [-0.1, -0.05) is 13.8 Å². The third-order valence-electron chi connectivity index (χ3n) is 2.74. The van der Waals surface area contributed by atoms with E-state index in [9.17, 15) is 34.8 Å². The van der Waals surface area contributed by atoms with Gasteiger partial charge < -0.3 is 0 Å². The highest BCUT2D eigenvalue weighted by Crippen LogP contribution is 2.22. The molecular weight excluding hydrogens is 371 g/mol. The molecule has 11 heteroatoms. The zero-order valence-electron chi connectivity index (χ0n) is 12.5. The van der Waals surface area contributed by atoms with Crippen LogP contribution in [0.4, 0.5) is 18.9 Å². The van der Waals surface area contributed by atoms with E-state index in [0.717, 1.165) is 12.1 Å². The van der Waals surface area contributed by atoms with Crippen molar-refractivity contribution in [2.24, 2.45) is 5.92 Å². The van der Waals surface area contributed by atoms with Crippen LogP contribution < -0.4 is 4.72 Å². The molecule has 6 nitrogen and oxygen atoms in total. The Bertz CT molecular complexity index is 862. The summed E-state index contributed by atoms with van der Waals surface area (Å²) in [4.78, 5) is 10.8. The van der Waals surface area contributed by atoms with E-state index in [1.807, 2.05) is 0 Å². The molecule has 0 unspecified atom stereocenters. The molecule has 0 saturated heterocycles. The second-order valence-corrected chi connectivity index (χ2v) is 8.44. The van der Waals surface area contributed by atoms with Gasteiger partial charge in [0.25, 0.3) is 10.0 Å². The van der Waals surface area contributed by atoms with Crippen LogP contribution in [-0.2, 0) is 24.7 Å². The van der Waals surface area contributed by atoms with Crippen molar-refractivity contribution in [2.75, 3.05) is 4.72 Å². The number of ketones is 1. The Morgan fingerprint density at radius 2 is 1.75 bits per heavy atom. The number of nitrogens with one attached hydrogen (secondary N) is 1. The zero-order chi connectivity index (χ0) is 18.7. The van der Waals surface area contributed by atoms with Crippen molar-refractivity contribution in [1.29, 1.82) is 0 Å². The first-order valence-electron chi connectivity index (χ1n) is 6.43. The summed E-state index contributed by atoms with van der Waals surface area (Å²) in [6.07, 6.45) is 0.825. The molecule has 0 fully saturated rings. The van der Waals surface area contributed by atoms with Crippen molar-refractivity contribution in [2.45, 2.75) is 24.5 Å². The quantitative estimate of drug-likeness (QED) is 0.727. The standard InChI is InChI=1S/C13H14F3NO5S2/c1-8(2)12(18)5-6-23(19,20)9-3-4-11(10(14)7-9)17-24(21,22)13(15)16/h3-8,13,17H,1-2H3. The number of sulfone groups is 1. The minimum absolute atomic E-state index is 0.431. The number of rotatable bonds is 7. The van der Waals surface area contributed by atoms with E-state index in [2.05, 4.69) is 0 Å². The van der Waals surface area contributed by atoms with Gasteiger partial charge in [0.2, 0.25) is 0 Å². The first-order chi connectivity index (χ1) is 10.9. The molecular formula is C13H14F3NO5S2. The van der Waals surface area contributed by atoms with Gasteiger partial charge in [-0.3, -0.25) is 9.52 Å². The van der Waals surface area contributed by atoms with Crippen LogP contribution in [0.1, 0.15) is 13.8 Å². The molecule has 0 aliphatic carbocycles. The van der Waals surface area contributed by atoms with Gasteiger partial charge in [0.15, 0.2) is 15.6 Å². The monoisotopic (exact) mass is 385 g/mol. The summed E-state index contributed by atoms with van der Waals surface area (Å²) in [6, 6.07) is 1.98. The molecule has 1 rings (SSSR count). The fourth-order valence-electron chi connectivity index (χ4n) is 1.38. The van der Waals surface area contributed by atoms with Crippen LogP contribution in [0.25, 0.3) is 0 Å². The van der Waals surface area contributed by atoms with Crippen molar-refractivity contribution in [3.63, 3.8) is 0 Å². The number of alkyl halides is 2. The number of anilines is 1. The Morgan fingerprint density at radius 3 is 2.21 bits per heavy atom. The van der Waals surface area contributed by atoms with Crippen LogP contribution in [0.3, 0.4) is 0 Å². The Morgan fingerprint density at radius 1 is 1.17 bits per heavy atom. The Balaban J connectivity index is 3.13. The Kier molecular flexibility index (Phi) is 6.17. The topological polar surface area (TPSA) is 97.4 Å². The SMILES string of the molecule is CC(C)C(=O)C=CS(=O)(=O)c1ccc(NS(=O)(=O)C(F)F)c(F)c1. The summed E-state index contributed by atoms with van der Waals surface area (Å²) in [5, 5.41) is 0.590. The maximum atomic E-state index is 13.8. The third kappa shape index (κ3) is 5.06. The Labute approximate surface area is 137 Å². The van der Waals surface area contributed by atoms with Crippen LogP contribution in [0.15, 0.2) is 34.6 Å². The van der Waals surface area contributed by atoms with Crippen LogP contribution >= 0.6 is 0 Å². The van der Waals surface area contributed by atoms with E-state index in [1.54, 1.807) is 13.8 Å². The van der Waals surface area contributed by atoms with Crippen molar-refractivity contribution in [1.82, 2.24) is 0 Å². The summed E-state index contributed by atoms with van der Waals surface area (Å²) >= 11 is 0. The summed E-state index contributed by atoms with van der Waals surface area (Å²) in [5.41, 5.74) is -0.823. The molecule has 134 valence electrons. The van der Waals surface area contributed by atoms with Gasteiger partial charge in [-0.15, -0.1) is 0 Å². The summed E-state index contributed by atoms with van der Waals surface area (Å²) < 4.78 is 85.4. The minimum atomic E-state index is -5.08. The van der Waals surface area contributed by atoms with Gasteiger partial charge in [0.05, 0.1) is 10.6 Å². The fraction of sp³-hybridized carbons (Fsp3) is 0.308. The predicted octanol–water partition coefficient (Wildman–Crippen LogP) is 2.30. The Hall–Kier alpha value is -1.88. The van der Waals surface area contributed by atoms with Gasteiger partial charge in [-0.05, 0) is 24.3 Å². The third-order valence-corrected chi connectivity index (χ3v) is 5.12. The molecule has 0 amide bonds. The highest BCUT2D eigenvalue weighted by atomic mass is 32.2. The number of benzene rings is 1. The largest absolute Gasteiger partial charge is 0.355 e. The van der Waals surface area contributed by atoms with Gasteiger partial charge in [0.1, 0.15) is 5.82 Å². The average molecular weight is 385 g/mol. The smallest absolute Gasteiger partial charge is 0.295 e. The number of hydrogen-bond donors (Lipinski definition) is 1. The molecule has 24 heavy (non-hydrogen) atoms. The van der Waals surface area contributed by atoms with Crippen LogP contribution in [-0.4, -0.2) is 28.4 Å². The summed E-state index contributed by atoms with van der Waals surface area (Å²) in [5.74, 6) is -6.02. The van der Waals surface area contributed by atoms with Crippen molar-refractivity contribution in [3.8, 4) is 0 Å². The van der Waals surface area contributed by atoms with Crippen molar-refractivity contribution in [3.05, 3.63) is 35.5 Å². The fourth-order valence-corrected chi connectivity index (χ4v) is 2.94. The molecule has 1 N–H and O–H groups in total. The lowest BCUT2D eigenvalue weighted by atomic mass is 10.1. The summed E-state index contributed by atoms with van der Waals surface area (Å²) in [7, 11) is -9.24. The maximum absolute atomic E-state index is 13.8. The lowest BCUT2D eigenvalue weighted by molar-refractivity contribution is -0.117. The number of carbonyl (C=O) groups excluding carboxylic acids is 1. The average Bonchev–Trinajstić information content (AvgIpc) is 2.46. The van der Waals surface area contributed by atoms with E-state index in [4.69, 9.17) is 0 Å². The van der Waals surface area contributed by atoms with E-state index < -0.39 is 53.7 Å². The molecule has 0 heterocycles. The van der Waals surface area contributed by atoms with Gasteiger partial charge in [0, 0.05) is 11.3 Å². The van der Waals surface area contributed by atoms with Crippen LogP contribution in [0.2, 0.25) is 0 Å². The van der Waals surface area contributed by atoms with Gasteiger partial charge in [-0.25, -0.2) is 21.2 Å². The molecule has 0 saturated carbocycles. The first kappa shape index (κ1) is 20.2. The number of sulfonamides is 1. The highest BCUT2D eigenvalue weighted by molar-refractivity contribution is 7.94. The van der Waals surface area contributed by atoms with Crippen LogP contribution in [0.5, 0.6) is 0 Å². The van der Waals surface area contributed by atoms with Crippen molar-refractivity contribution < 1.29 is 34.8 Å². The zero-order valence-corrected chi connectivity index (χ0v) is 14.2. The summed E-state index contributed by atoms with van der Waals surface area (Å²) in [6.45, 7) is 3.12. The molecule has 1 aromatic carbocycles. The molecule has 0 bridgehead atoms. The number of carbonyl (C=O) groups is 1. The second-order valence-electron chi connectivity index (χ2n) is 4.95. The molecule has 0 aliphatic heterocycles. The lowest BCUT2D eigenvalue weighted by Gasteiger charge is -2.09. The number of halogens is 3. The van der Waals surface area contributed by atoms with E-state index >= 15 is 0 Å². The molecule has 0 radical (unpaired) electrons. The first-order valence-corrected chi connectivity index (χ1v) is 9.52. The lowest BCUT2D eigenvalue weighted by Crippen LogP contribution is -2.21. The normalized spacial score (nSPS) is 13.0. The van der Waals surface area contributed by atoms with E-state index in [-0.39, 0.29) is 0 Å². The molecule has 0 atom stereocenters. The minimum Gasteiger partial charge on any atom is -0.295 e. The van der Waals surface area contributed by atoms with E-state index in [1.165, 1.54) is 4.72 Å². The number of hydrogen-bond acceptors (Lipinski definition) is 5. The molecule has 0 aliphatic rings. The highest BCUT2D eigenvalue weighted by Gasteiger charge is 2.25. The molecule has 1 aromatic rings. The van der Waals surface area contributed by atoms with Gasteiger partial charge in [-0.2, -0.15) is 8.78 Å². The van der Waals surface area contributed by atoms with E-state index in [0.29, 0.717) is 17.5 Å². The molecule has 0 spiro atoms. The van der Waals surface area contributed by atoms with Crippen LogP contribution in [0, 0.1) is 11.7 Å².